The molecule has 2 aromatic carbocycles. The van der Waals surface area contributed by atoms with Crippen LogP contribution in [0.4, 0.5) is 0 Å². The number of amides is 2. The van der Waals surface area contributed by atoms with Gasteiger partial charge in [0, 0.05) is 12.5 Å². The summed E-state index contributed by atoms with van der Waals surface area (Å²) in [5.41, 5.74) is 6.94. The smallest absolute Gasteiger partial charge is 0.308 e. The van der Waals surface area contributed by atoms with E-state index < -0.39 is 23.8 Å². The molecule has 0 aliphatic carbocycles. The Morgan fingerprint density at radius 2 is 1.69 bits per heavy atom. The summed E-state index contributed by atoms with van der Waals surface area (Å²) in [6, 6.07) is 15.2. The fourth-order valence-corrected chi connectivity index (χ4v) is 2.52. The van der Waals surface area contributed by atoms with Crippen LogP contribution in [0.15, 0.2) is 54.6 Å². The highest BCUT2D eigenvalue weighted by Crippen LogP contribution is 2.13. The molecule has 6 nitrogen and oxygen atoms in total. The SMILES string of the molecule is CC(=O)Oc1ccc(C(=O)N[C@H](CCCc2ccccc2)C(N)=O)cc1. The van der Waals surface area contributed by atoms with Gasteiger partial charge < -0.3 is 15.8 Å². The predicted octanol–water partition coefficient (Wildman–Crippen LogP) is 2.22. The van der Waals surface area contributed by atoms with Crippen molar-refractivity contribution in [2.24, 2.45) is 5.73 Å². The van der Waals surface area contributed by atoms with E-state index in [9.17, 15) is 14.4 Å². The molecule has 0 heterocycles. The average molecular weight is 354 g/mol. The first kappa shape index (κ1) is 19.2. The summed E-state index contributed by atoms with van der Waals surface area (Å²) in [4.78, 5) is 34.8. The third kappa shape index (κ3) is 6.05. The predicted molar refractivity (Wildman–Crippen MR) is 97.6 cm³/mol. The highest BCUT2D eigenvalue weighted by atomic mass is 16.5. The average Bonchev–Trinajstić information content (AvgIpc) is 2.61. The molecule has 26 heavy (non-hydrogen) atoms. The Kier molecular flexibility index (Phi) is 6.91. The molecule has 136 valence electrons. The van der Waals surface area contributed by atoms with Crippen LogP contribution in [0, 0.1) is 0 Å². The Hall–Kier alpha value is -3.15. The molecule has 0 aliphatic heterocycles. The molecule has 2 rings (SSSR count). The molecular weight excluding hydrogens is 332 g/mol. The quantitative estimate of drug-likeness (QED) is 0.561. The molecule has 0 fully saturated rings. The number of ether oxygens (including phenoxy) is 1. The molecule has 6 heteroatoms. The van der Waals surface area contributed by atoms with E-state index in [-0.39, 0.29) is 0 Å². The zero-order chi connectivity index (χ0) is 18.9. The first-order chi connectivity index (χ1) is 12.5. The maximum Gasteiger partial charge on any atom is 0.308 e. The Balaban J connectivity index is 1.90. The Morgan fingerprint density at radius 3 is 2.27 bits per heavy atom. The summed E-state index contributed by atoms with van der Waals surface area (Å²) in [5.74, 6) is -1.05. The Labute approximate surface area is 152 Å². The van der Waals surface area contributed by atoms with Crippen LogP contribution in [0.5, 0.6) is 5.75 Å². The monoisotopic (exact) mass is 354 g/mol. The number of primary amides is 1. The van der Waals surface area contributed by atoms with Crippen molar-refractivity contribution < 1.29 is 19.1 Å². The fourth-order valence-electron chi connectivity index (χ4n) is 2.52. The van der Waals surface area contributed by atoms with Gasteiger partial charge in [-0.25, -0.2) is 0 Å². The Bertz CT molecular complexity index is 757. The van der Waals surface area contributed by atoms with Crippen molar-refractivity contribution in [1.82, 2.24) is 5.32 Å². The normalized spacial score (nSPS) is 11.4. The second kappa shape index (κ2) is 9.36. The van der Waals surface area contributed by atoms with Crippen LogP contribution >= 0.6 is 0 Å². The lowest BCUT2D eigenvalue weighted by Crippen LogP contribution is -2.44. The maximum atomic E-state index is 12.3. The summed E-state index contributed by atoms with van der Waals surface area (Å²) in [7, 11) is 0. The van der Waals surface area contributed by atoms with Crippen LogP contribution in [0.25, 0.3) is 0 Å². The standard InChI is InChI=1S/C20H22N2O4/c1-14(23)26-17-12-10-16(11-13-17)20(25)22-18(19(21)24)9-5-8-15-6-3-2-4-7-15/h2-4,6-7,10-13,18H,5,8-9H2,1H3,(H2,21,24)(H,22,25)/t18-/m1/s1. The zero-order valence-electron chi connectivity index (χ0n) is 14.6. The largest absolute Gasteiger partial charge is 0.427 e. The number of nitrogens with two attached hydrogens (primary N) is 1. The molecule has 1 atom stereocenters. The number of rotatable bonds is 8. The summed E-state index contributed by atoms with van der Waals surface area (Å²) in [6.45, 7) is 1.30. The van der Waals surface area contributed by atoms with E-state index in [1.165, 1.54) is 36.8 Å². The van der Waals surface area contributed by atoms with Crippen molar-refractivity contribution >= 4 is 17.8 Å². The van der Waals surface area contributed by atoms with E-state index in [2.05, 4.69) is 5.32 Å². The molecule has 0 saturated carbocycles. The number of carbonyl (C=O) groups is 3. The third-order valence-corrected chi connectivity index (χ3v) is 3.83. The lowest BCUT2D eigenvalue weighted by atomic mass is 10.0. The molecule has 2 amide bonds. The van der Waals surface area contributed by atoms with E-state index in [1.54, 1.807) is 0 Å². The summed E-state index contributed by atoms with van der Waals surface area (Å²) in [6.07, 6.45) is 1.99. The van der Waals surface area contributed by atoms with Gasteiger partial charge in [-0.05, 0) is 49.1 Å². The summed E-state index contributed by atoms with van der Waals surface area (Å²) >= 11 is 0. The molecule has 0 bridgehead atoms. The third-order valence-electron chi connectivity index (χ3n) is 3.83. The number of hydrogen-bond acceptors (Lipinski definition) is 4. The molecule has 0 saturated heterocycles. The molecule has 0 aliphatic rings. The van der Waals surface area contributed by atoms with Gasteiger partial charge in [0.25, 0.3) is 5.91 Å². The van der Waals surface area contributed by atoms with Crippen molar-refractivity contribution in [2.75, 3.05) is 0 Å². The molecule has 0 radical (unpaired) electrons. The number of carbonyl (C=O) groups excluding carboxylic acids is 3. The number of hydrogen-bond donors (Lipinski definition) is 2. The second-order valence-electron chi connectivity index (χ2n) is 5.92. The highest BCUT2D eigenvalue weighted by Gasteiger charge is 2.18. The van der Waals surface area contributed by atoms with Crippen molar-refractivity contribution in [2.45, 2.75) is 32.2 Å². The van der Waals surface area contributed by atoms with Crippen LogP contribution < -0.4 is 15.8 Å². The highest BCUT2D eigenvalue weighted by molar-refractivity contribution is 5.97. The maximum absolute atomic E-state index is 12.3. The topological polar surface area (TPSA) is 98.5 Å². The van der Waals surface area contributed by atoms with Gasteiger partial charge in [-0.3, -0.25) is 14.4 Å². The van der Waals surface area contributed by atoms with Gasteiger partial charge in [0.15, 0.2) is 0 Å². The molecular formula is C20H22N2O4. The first-order valence-corrected chi connectivity index (χ1v) is 8.38. The van der Waals surface area contributed by atoms with Crippen LogP contribution in [-0.2, 0) is 16.0 Å². The Morgan fingerprint density at radius 1 is 1.04 bits per heavy atom. The number of esters is 1. The van der Waals surface area contributed by atoms with Gasteiger partial charge in [0.05, 0.1) is 0 Å². The zero-order valence-corrected chi connectivity index (χ0v) is 14.6. The van der Waals surface area contributed by atoms with Gasteiger partial charge in [0.1, 0.15) is 11.8 Å². The second-order valence-corrected chi connectivity index (χ2v) is 5.92. The van der Waals surface area contributed by atoms with Crippen molar-refractivity contribution in [3.05, 3.63) is 65.7 Å². The fraction of sp³-hybridized carbons (Fsp3) is 0.250. The van der Waals surface area contributed by atoms with Crippen molar-refractivity contribution in [1.29, 1.82) is 0 Å². The van der Waals surface area contributed by atoms with Crippen LogP contribution in [0.2, 0.25) is 0 Å². The van der Waals surface area contributed by atoms with Gasteiger partial charge >= 0.3 is 5.97 Å². The van der Waals surface area contributed by atoms with Crippen molar-refractivity contribution in [3.8, 4) is 5.75 Å². The van der Waals surface area contributed by atoms with Gasteiger partial charge in [0.2, 0.25) is 5.91 Å². The van der Waals surface area contributed by atoms with Crippen LogP contribution in [0.1, 0.15) is 35.7 Å². The minimum atomic E-state index is -0.737. The lowest BCUT2D eigenvalue weighted by Gasteiger charge is -2.15. The van der Waals surface area contributed by atoms with E-state index in [0.29, 0.717) is 17.7 Å². The molecule has 0 unspecified atom stereocenters. The summed E-state index contributed by atoms with van der Waals surface area (Å²) < 4.78 is 4.92. The van der Waals surface area contributed by atoms with Gasteiger partial charge in [-0.1, -0.05) is 30.3 Å². The molecule has 0 aromatic heterocycles. The van der Waals surface area contributed by atoms with E-state index in [0.717, 1.165) is 12.8 Å². The number of aryl methyl sites for hydroxylation is 1. The number of nitrogens with one attached hydrogen (secondary N) is 1. The van der Waals surface area contributed by atoms with E-state index in [4.69, 9.17) is 10.5 Å². The summed E-state index contributed by atoms with van der Waals surface area (Å²) in [5, 5.41) is 2.66. The molecule has 0 spiro atoms. The minimum absolute atomic E-state index is 0.350. The lowest BCUT2D eigenvalue weighted by molar-refractivity contribution is -0.131. The van der Waals surface area contributed by atoms with Gasteiger partial charge in [-0.15, -0.1) is 0 Å². The van der Waals surface area contributed by atoms with Crippen molar-refractivity contribution in [3.63, 3.8) is 0 Å². The van der Waals surface area contributed by atoms with Gasteiger partial charge in [-0.2, -0.15) is 0 Å². The number of benzene rings is 2. The van der Waals surface area contributed by atoms with Crippen LogP contribution in [-0.4, -0.2) is 23.8 Å². The molecule has 2 aromatic rings. The molecule has 3 N–H and O–H groups in total. The minimum Gasteiger partial charge on any atom is -0.427 e. The van der Waals surface area contributed by atoms with E-state index in [1.807, 2.05) is 30.3 Å². The van der Waals surface area contributed by atoms with E-state index >= 15 is 0 Å². The first-order valence-electron chi connectivity index (χ1n) is 8.38. The van der Waals surface area contributed by atoms with Crippen LogP contribution in [0.3, 0.4) is 0 Å².